The molecule has 0 amide bonds. The molecule has 20 heavy (non-hydrogen) atoms. The second-order valence-electron chi connectivity index (χ2n) is 5.95. The fourth-order valence-electron chi connectivity index (χ4n) is 2.85. The van der Waals surface area contributed by atoms with Crippen LogP contribution in [-0.4, -0.2) is 32.2 Å². The van der Waals surface area contributed by atoms with Crippen molar-refractivity contribution in [2.24, 2.45) is 0 Å². The van der Waals surface area contributed by atoms with Crippen molar-refractivity contribution in [1.82, 2.24) is 5.32 Å². The number of nitrogens with one attached hydrogen (secondary N) is 1. The normalized spacial score (nSPS) is 22.2. The zero-order chi connectivity index (χ0) is 14.8. The topological polar surface area (TPSA) is 39.7 Å². The smallest absolute Gasteiger partial charge is 0.171 e. The molecule has 0 aromatic heterocycles. The number of benzene rings is 1. The zero-order valence-electron chi connectivity index (χ0n) is 13.0. The van der Waals surface area contributed by atoms with Gasteiger partial charge in [0.15, 0.2) is 6.29 Å². The Morgan fingerprint density at radius 1 is 1.25 bits per heavy atom. The molecule has 0 bridgehead atoms. The predicted molar refractivity (Wildman–Crippen MR) is 78.9 cm³/mol. The summed E-state index contributed by atoms with van der Waals surface area (Å²) in [5, 5.41) is 3.60. The van der Waals surface area contributed by atoms with Crippen molar-refractivity contribution in [1.29, 1.82) is 0 Å². The molecule has 2 atom stereocenters. The lowest BCUT2D eigenvalue weighted by atomic mass is 9.89. The van der Waals surface area contributed by atoms with E-state index in [1.165, 1.54) is 5.56 Å². The minimum absolute atomic E-state index is 0.0944. The van der Waals surface area contributed by atoms with E-state index in [0.717, 1.165) is 12.2 Å². The lowest BCUT2D eigenvalue weighted by molar-refractivity contribution is -0.122. The maximum Gasteiger partial charge on any atom is 0.171 e. The molecule has 1 aromatic carbocycles. The predicted octanol–water partition coefficient (Wildman–Crippen LogP) is 2.89. The molecule has 0 saturated carbocycles. The average Bonchev–Trinajstić information content (AvgIpc) is 2.38. The van der Waals surface area contributed by atoms with Crippen molar-refractivity contribution in [2.45, 2.75) is 51.2 Å². The van der Waals surface area contributed by atoms with Gasteiger partial charge in [0.25, 0.3) is 0 Å². The molecule has 4 heteroatoms. The van der Waals surface area contributed by atoms with Crippen LogP contribution in [0.4, 0.5) is 0 Å². The number of ether oxygens (including phenoxy) is 3. The Morgan fingerprint density at radius 3 is 2.55 bits per heavy atom. The van der Waals surface area contributed by atoms with Crippen LogP contribution >= 0.6 is 0 Å². The van der Waals surface area contributed by atoms with Crippen LogP contribution in [-0.2, 0) is 9.47 Å². The minimum Gasteiger partial charge on any atom is -0.487 e. The van der Waals surface area contributed by atoms with Crippen molar-refractivity contribution in [3.63, 3.8) is 0 Å². The van der Waals surface area contributed by atoms with Crippen LogP contribution in [0.5, 0.6) is 5.75 Å². The summed E-state index contributed by atoms with van der Waals surface area (Å²) in [6, 6.07) is 8.52. The van der Waals surface area contributed by atoms with Crippen molar-refractivity contribution in [3.8, 4) is 5.75 Å². The monoisotopic (exact) mass is 279 g/mol. The van der Waals surface area contributed by atoms with E-state index in [1.54, 1.807) is 14.2 Å². The molecule has 1 heterocycles. The Balaban J connectivity index is 2.19. The Labute approximate surface area is 121 Å². The fourth-order valence-corrected chi connectivity index (χ4v) is 2.85. The molecular formula is C16H25NO3. The maximum absolute atomic E-state index is 6.04. The van der Waals surface area contributed by atoms with Gasteiger partial charge in [-0.3, -0.25) is 0 Å². The first-order chi connectivity index (χ1) is 9.46. The first kappa shape index (κ1) is 15.3. The third-order valence-electron chi connectivity index (χ3n) is 3.71. The van der Waals surface area contributed by atoms with Crippen molar-refractivity contribution in [3.05, 3.63) is 29.8 Å². The highest BCUT2D eigenvalue weighted by atomic mass is 16.7. The number of rotatable bonds is 5. The summed E-state index contributed by atoms with van der Waals surface area (Å²) >= 11 is 0. The molecule has 1 aromatic rings. The van der Waals surface area contributed by atoms with Crippen molar-refractivity contribution < 1.29 is 14.2 Å². The number of hydrogen-bond donors (Lipinski definition) is 1. The van der Waals surface area contributed by atoms with E-state index in [2.05, 4.69) is 32.2 Å². The van der Waals surface area contributed by atoms with Crippen LogP contribution in [0.1, 0.15) is 38.8 Å². The van der Waals surface area contributed by atoms with E-state index in [9.17, 15) is 0 Å². The third-order valence-corrected chi connectivity index (χ3v) is 3.71. The summed E-state index contributed by atoms with van der Waals surface area (Å²) in [7, 11) is 3.32. The van der Waals surface area contributed by atoms with E-state index < -0.39 is 0 Å². The molecule has 0 fully saturated rings. The Bertz CT molecular complexity index is 443. The van der Waals surface area contributed by atoms with E-state index in [-0.39, 0.29) is 24.0 Å². The molecule has 0 saturated heterocycles. The summed E-state index contributed by atoms with van der Waals surface area (Å²) in [5.41, 5.74) is 1.02. The van der Waals surface area contributed by atoms with Crippen molar-refractivity contribution >= 4 is 0 Å². The fraction of sp³-hybridized carbons (Fsp3) is 0.625. The molecule has 1 N–H and O–H groups in total. The van der Waals surface area contributed by atoms with Crippen LogP contribution in [0.25, 0.3) is 0 Å². The van der Waals surface area contributed by atoms with E-state index in [0.29, 0.717) is 0 Å². The molecule has 112 valence electrons. The van der Waals surface area contributed by atoms with Crippen LogP contribution in [0.2, 0.25) is 0 Å². The summed E-state index contributed by atoms with van der Waals surface area (Å²) < 4.78 is 16.7. The van der Waals surface area contributed by atoms with Crippen LogP contribution in [0, 0.1) is 0 Å². The third kappa shape index (κ3) is 3.32. The summed E-state index contributed by atoms with van der Waals surface area (Å²) in [6.45, 7) is 6.31. The molecule has 4 nitrogen and oxygen atoms in total. The van der Waals surface area contributed by atoms with Crippen LogP contribution in [0.15, 0.2) is 24.3 Å². The molecule has 1 aliphatic rings. The quantitative estimate of drug-likeness (QED) is 0.841. The summed E-state index contributed by atoms with van der Waals surface area (Å²) in [5.74, 6) is 0.958. The first-order valence-corrected chi connectivity index (χ1v) is 7.06. The van der Waals surface area contributed by atoms with E-state index in [4.69, 9.17) is 14.2 Å². The van der Waals surface area contributed by atoms with Gasteiger partial charge >= 0.3 is 0 Å². The summed E-state index contributed by atoms with van der Waals surface area (Å²) in [6.07, 6.45) is 0.655. The van der Waals surface area contributed by atoms with Gasteiger partial charge in [-0.05, 0) is 26.8 Å². The Hall–Kier alpha value is -1.10. The number of para-hydroxylation sites is 1. The average molecular weight is 279 g/mol. The molecule has 1 aliphatic heterocycles. The van der Waals surface area contributed by atoms with Gasteiger partial charge in [-0.2, -0.15) is 0 Å². The lowest BCUT2D eigenvalue weighted by Gasteiger charge is -2.39. The van der Waals surface area contributed by atoms with Gasteiger partial charge in [0, 0.05) is 32.2 Å². The van der Waals surface area contributed by atoms with Gasteiger partial charge in [-0.15, -0.1) is 0 Å². The second kappa shape index (κ2) is 6.12. The van der Waals surface area contributed by atoms with Gasteiger partial charge in [0.2, 0.25) is 0 Å². The second-order valence-corrected chi connectivity index (χ2v) is 5.95. The summed E-state index contributed by atoms with van der Waals surface area (Å²) in [4.78, 5) is 0. The SMILES string of the molecule is COC(OC)C(C)NC1CC(C)(C)Oc2ccccc21. The highest BCUT2D eigenvalue weighted by Gasteiger charge is 2.34. The van der Waals surface area contributed by atoms with Crippen LogP contribution in [0.3, 0.4) is 0 Å². The molecule has 0 aliphatic carbocycles. The Morgan fingerprint density at radius 2 is 1.90 bits per heavy atom. The highest BCUT2D eigenvalue weighted by Crippen LogP contribution is 2.39. The van der Waals surface area contributed by atoms with E-state index in [1.807, 2.05) is 18.2 Å². The van der Waals surface area contributed by atoms with Crippen molar-refractivity contribution in [2.75, 3.05) is 14.2 Å². The lowest BCUT2D eigenvalue weighted by Crippen LogP contribution is -2.46. The van der Waals surface area contributed by atoms with Gasteiger partial charge in [0.05, 0.1) is 6.04 Å². The van der Waals surface area contributed by atoms with E-state index >= 15 is 0 Å². The first-order valence-electron chi connectivity index (χ1n) is 7.06. The van der Waals surface area contributed by atoms with Gasteiger partial charge < -0.3 is 19.5 Å². The zero-order valence-corrected chi connectivity index (χ0v) is 13.0. The molecule has 2 rings (SSSR count). The molecule has 2 unspecified atom stereocenters. The maximum atomic E-state index is 6.04. The number of fused-ring (bicyclic) bond motifs is 1. The molecule has 0 spiro atoms. The largest absolute Gasteiger partial charge is 0.487 e. The highest BCUT2D eigenvalue weighted by molar-refractivity contribution is 5.38. The standard InChI is InChI=1S/C16H25NO3/c1-11(15(18-4)19-5)17-13-10-16(2,3)20-14-9-7-6-8-12(13)14/h6-9,11,13,15,17H,10H2,1-5H3. The number of methoxy groups -OCH3 is 2. The van der Waals surface area contributed by atoms with Gasteiger partial charge in [-0.1, -0.05) is 18.2 Å². The minimum atomic E-state index is -0.256. The molecular weight excluding hydrogens is 254 g/mol. The molecule has 0 radical (unpaired) electrons. The number of hydrogen-bond acceptors (Lipinski definition) is 4. The van der Waals surface area contributed by atoms with Crippen LogP contribution < -0.4 is 10.1 Å². The Kier molecular flexibility index (Phi) is 4.68. The van der Waals surface area contributed by atoms with Gasteiger partial charge in [-0.25, -0.2) is 0 Å². The van der Waals surface area contributed by atoms with Gasteiger partial charge in [0.1, 0.15) is 11.4 Å².